The maximum Gasteiger partial charge on any atom is 0.235 e. The van der Waals surface area contributed by atoms with Crippen LogP contribution in [0.1, 0.15) is 12.8 Å². The Hall–Kier alpha value is -1.29. The standard InChI is InChI=1S/C11H13ClFNO2/c12-10(11(14)15)2-1-7-16-9-5-3-8(13)4-6-9/h3-6,10H,1-2,7H2,(H2,14,15). The molecule has 0 aliphatic heterocycles. The minimum absolute atomic E-state index is 0.304. The van der Waals surface area contributed by atoms with Crippen LogP contribution in [0.4, 0.5) is 4.39 Å². The first-order chi connectivity index (χ1) is 7.59. The van der Waals surface area contributed by atoms with Gasteiger partial charge >= 0.3 is 0 Å². The van der Waals surface area contributed by atoms with E-state index in [0.717, 1.165) is 0 Å². The Kier molecular flexibility index (Phi) is 5.05. The molecule has 0 saturated carbocycles. The van der Waals surface area contributed by atoms with Crippen molar-refractivity contribution in [3.8, 4) is 5.75 Å². The van der Waals surface area contributed by atoms with Crippen LogP contribution in [0.25, 0.3) is 0 Å². The highest BCUT2D eigenvalue weighted by Gasteiger charge is 2.10. The molecule has 3 nitrogen and oxygen atoms in total. The summed E-state index contributed by atoms with van der Waals surface area (Å²) in [6.07, 6.45) is 1.09. The van der Waals surface area contributed by atoms with E-state index in [0.29, 0.717) is 25.2 Å². The molecule has 0 fully saturated rings. The number of rotatable bonds is 6. The van der Waals surface area contributed by atoms with E-state index >= 15 is 0 Å². The Morgan fingerprint density at radius 1 is 1.44 bits per heavy atom. The highest BCUT2D eigenvalue weighted by atomic mass is 35.5. The summed E-state index contributed by atoms with van der Waals surface area (Å²) in [5.74, 6) is -0.239. The first-order valence-corrected chi connectivity index (χ1v) is 5.35. The van der Waals surface area contributed by atoms with Gasteiger partial charge in [0, 0.05) is 0 Å². The van der Waals surface area contributed by atoms with Crippen LogP contribution in [0.2, 0.25) is 0 Å². The van der Waals surface area contributed by atoms with Gasteiger partial charge in [-0.25, -0.2) is 4.39 Å². The molecule has 16 heavy (non-hydrogen) atoms. The molecule has 1 aromatic rings. The Bertz CT molecular complexity index is 342. The number of carbonyl (C=O) groups is 1. The van der Waals surface area contributed by atoms with Gasteiger partial charge in [-0.2, -0.15) is 0 Å². The molecule has 0 saturated heterocycles. The van der Waals surface area contributed by atoms with Crippen molar-refractivity contribution in [2.45, 2.75) is 18.2 Å². The van der Waals surface area contributed by atoms with Crippen LogP contribution >= 0.6 is 11.6 Å². The molecule has 0 radical (unpaired) electrons. The predicted octanol–water partition coefficient (Wildman–Crippen LogP) is 2.08. The van der Waals surface area contributed by atoms with E-state index in [1.165, 1.54) is 12.1 Å². The molecule has 2 N–H and O–H groups in total. The molecule has 0 heterocycles. The summed E-state index contributed by atoms with van der Waals surface area (Å²) in [5, 5.41) is -0.656. The molecule has 0 aromatic heterocycles. The fourth-order valence-electron chi connectivity index (χ4n) is 1.13. The molecular weight excluding hydrogens is 233 g/mol. The zero-order chi connectivity index (χ0) is 12.0. The second-order valence-electron chi connectivity index (χ2n) is 3.31. The van der Waals surface area contributed by atoms with Crippen molar-refractivity contribution >= 4 is 17.5 Å². The minimum atomic E-state index is -0.656. The van der Waals surface area contributed by atoms with Gasteiger partial charge in [0.25, 0.3) is 0 Å². The van der Waals surface area contributed by atoms with E-state index in [-0.39, 0.29) is 5.82 Å². The second-order valence-corrected chi connectivity index (χ2v) is 3.84. The lowest BCUT2D eigenvalue weighted by Gasteiger charge is -2.07. The molecule has 0 aliphatic carbocycles. The van der Waals surface area contributed by atoms with E-state index < -0.39 is 11.3 Å². The van der Waals surface area contributed by atoms with Crippen LogP contribution in [0.5, 0.6) is 5.75 Å². The van der Waals surface area contributed by atoms with Crippen LogP contribution in [0.3, 0.4) is 0 Å². The topological polar surface area (TPSA) is 52.3 Å². The lowest BCUT2D eigenvalue weighted by molar-refractivity contribution is -0.117. The molecule has 88 valence electrons. The molecule has 5 heteroatoms. The van der Waals surface area contributed by atoms with Crippen LogP contribution in [0.15, 0.2) is 24.3 Å². The first kappa shape index (κ1) is 12.8. The summed E-state index contributed by atoms with van der Waals surface area (Å²) in [6.45, 7) is 0.419. The van der Waals surface area contributed by atoms with Gasteiger partial charge in [0.1, 0.15) is 16.9 Å². The van der Waals surface area contributed by atoms with Gasteiger partial charge in [0.05, 0.1) is 6.61 Å². The Balaban J connectivity index is 2.21. The van der Waals surface area contributed by atoms with Crippen LogP contribution < -0.4 is 10.5 Å². The number of ether oxygens (including phenoxy) is 1. The number of hydrogen-bond acceptors (Lipinski definition) is 2. The number of nitrogens with two attached hydrogens (primary N) is 1. The monoisotopic (exact) mass is 245 g/mol. The Morgan fingerprint density at radius 2 is 2.06 bits per heavy atom. The SMILES string of the molecule is NC(=O)C(Cl)CCCOc1ccc(F)cc1. The minimum Gasteiger partial charge on any atom is -0.494 e. The lowest BCUT2D eigenvalue weighted by Crippen LogP contribution is -2.23. The van der Waals surface area contributed by atoms with Gasteiger partial charge in [0.2, 0.25) is 5.91 Å². The van der Waals surface area contributed by atoms with Gasteiger partial charge in [-0.05, 0) is 37.1 Å². The Labute approximate surface area is 98.3 Å². The van der Waals surface area contributed by atoms with Gasteiger partial charge in [-0.1, -0.05) is 0 Å². The summed E-state index contributed by atoms with van der Waals surface area (Å²) in [4.78, 5) is 10.6. The third-order valence-electron chi connectivity index (χ3n) is 1.99. The Morgan fingerprint density at radius 3 is 2.62 bits per heavy atom. The lowest BCUT2D eigenvalue weighted by atomic mass is 10.2. The number of alkyl halides is 1. The average molecular weight is 246 g/mol. The zero-order valence-corrected chi connectivity index (χ0v) is 9.41. The van der Waals surface area contributed by atoms with E-state index in [9.17, 15) is 9.18 Å². The number of benzene rings is 1. The quantitative estimate of drug-likeness (QED) is 0.616. The van der Waals surface area contributed by atoms with Crippen molar-refractivity contribution in [3.63, 3.8) is 0 Å². The van der Waals surface area contributed by atoms with Crippen LogP contribution in [0, 0.1) is 5.82 Å². The van der Waals surface area contributed by atoms with Gasteiger partial charge in [0.15, 0.2) is 0 Å². The number of halogens is 2. The molecule has 1 unspecified atom stereocenters. The van der Waals surface area contributed by atoms with E-state index in [1.54, 1.807) is 12.1 Å². The van der Waals surface area contributed by atoms with Crippen molar-refractivity contribution < 1.29 is 13.9 Å². The van der Waals surface area contributed by atoms with Crippen LogP contribution in [-0.2, 0) is 4.79 Å². The van der Waals surface area contributed by atoms with Crippen molar-refractivity contribution in [3.05, 3.63) is 30.1 Å². The fraction of sp³-hybridized carbons (Fsp3) is 0.364. The molecule has 1 atom stereocenters. The summed E-state index contributed by atoms with van der Waals surface area (Å²) >= 11 is 5.64. The molecular formula is C11H13ClFNO2. The average Bonchev–Trinajstić information content (AvgIpc) is 2.26. The summed E-state index contributed by atoms with van der Waals surface area (Å²) in [6, 6.07) is 5.73. The molecule has 1 amide bonds. The summed E-state index contributed by atoms with van der Waals surface area (Å²) in [5.41, 5.74) is 4.99. The highest BCUT2D eigenvalue weighted by Crippen LogP contribution is 2.12. The van der Waals surface area contributed by atoms with Crippen LogP contribution in [-0.4, -0.2) is 17.9 Å². The fourth-order valence-corrected chi connectivity index (χ4v) is 1.28. The number of primary amides is 1. The molecule has 1 aromatic carbocycles. The predicted molar refractivity (Wildman–Crippen MR) is 60.0 cm³/mol. The number of hydrogen-bond donors (Lipinski definition) is 1. The smallest absolute Gasteiger partial charge is 0.235 e. The van der Waals surface area contributed by atoms with Gasteiger partial charge in [-0.3, -0.25) is 4.79 Å². The second kappa shape index (κ2) is 6.33. The van der Waals surface area contributed by atoms with E-state index in [4.69, 9.17) is 22.1 Å². The zero-order valence-electron chi connectivity index (χ0n) is 8.66. The molecule has 0 spiro atoms. The van der Waals surface area contributed by atoms with Gasteiger partial charge in [-0.15, -0.1) is 11.6 Å². The maximum absolute atomic E-state index is 12.5. The molecule has 0 aliphatic rings. The van der Waals surface area contributed by atoms with Crippen molar-refractivity contribution in [2.24, 2.45) is 5.73 Å². The number of amides is 1. The van der Waals surface area contributed by atoms with Crippen molar-refractivity contribution in [1.29, 1.82) is 0 Å². The normalized spacial score (nSPS) is 12.1. The van der Waals surface area contributed by atoms with E-state index in [1.807, 2.05) is 0 Å². The summed E-state index contributed by atoms with van der Waals surface area (Å²) < 4.78 is 17.9. The van der Waals surface area contributed by atoms with E-state index in [2.05, 4.69) is 0 Å². The third-order valence-corrected chi connectivity index (χ3v) is 2.43. The summed E-state index contributed by atoms with van der Waals surface area (Å²) in [7, 11) is 0. The van der Waals surface area contributed by atoms with Gasteiger partial charge < -0.3 is 10.5 Å². The molecule has 1 rings (SSSR count). The molecule has 0 bridgehead atoms. The number of carbonyl (C=O) groups excluding carboxylic acids is 1. The maximum atomic E-state index is 12.5. The van der Waals surface area contributed by atoms with Crippen molar-refractivity contribution in [1.82, 2.24) is 0 Å². The first-order valence-electron chi connectivity index (χ1n) is 4.91. The van der Waals surface area contributed by atoms with Crippen molar-refractivity contribution in [2.75, 3.05) is 6.61 Å². The third kappa shape index (κ3) is 4.49. The highest BCUT2D eigenvalue weighted by molar-refractivity contribution is 6.30. The largest absolute Gasteiger partial charge is 0.494 e.